The zero-order valence-electron chi connectivity index (χ0n) is 7.87. The third-order valence-corrected chi connectivity index (χ3v) is 3.82. The van der Waals surface area contributed by atoms with Gasteiger partial charge in [-0.15, -0.1) is 0 Å². The molecular weight excluding hydrogens is 150 g/mol. The molecular formula is C10H19NO. The molecule has 12 heavy (non-hydrogen) atoms. The fourth-order valence-electron chi connectivity index (χ4n) is 2.93. The van der Waals surface area contributed by atoms with Gasteiger partial charge in [-0.1, -0.05) is 0 Å². The molecule has 2 heteroatoms. The summed E-state index contributed by atoms with van der Waals surface area (Å²) in [7, 11) is 2.15. The normalized spacial score (nSPS) is 39.8. The molecule has 3 unspecified atom stereocenters. The third-order valence-electron chi connectivity index (χ3n) is 3.82. The van der Waals surface area contributed by atoms with Gasteiger partial charge in [-0.2, -0.15) is 0 Å². The van der Waals surface area contributed by atoms with Crippen LogP contribution in [0.1, 0.15) is 25.7 Å². The van der Waals surface area contributed by atoms with Gasteiger partial charge in [-0.3, -0.25) is 0 Å². The van der Waals surface area contributed by atoms with E-state index in [0.717, 1.165) is 24.4 Å². The Morgan fingerprint density at radius 3 is 2.50 bits per heavy atom. The van der Waals surface area contributed by atoms with E-state index in [1.165, 1.54) is 25.7 Å². The molecule has 2 fully saturated rings. The molecule has 2 nitrogen and oxygen atoms in total. The highest BCUT2D eigenvalue weighted by atomic mass is 16.3. The third kappa shape index (κ3) is 1.27. The molecule has 0 spiro atoms. The first kappa shape index (κ1) is 8.52. The molecule has 0 radical (unpaired) electrons. The van der Waals surface area contributed by atoms with Crippen molar-refractivity contribution in [1.82, 2.24) is 4.90 Å². The molecule has 1 N–H and O–H groups in total. The lowest BCUT2D eigenvalue weighted by Crippen LogP contribution is -2.40. The summed E-state index contributed by atoms with van der Waals surface area (Å²) in [5.74, 6) is 2.01. The highest BCUT2D eigenvalue weighted by Gasteiger charge is 2.43. The minimum absolute atomic E-state index is 0.310. The van der Waals surface area contributed by atoms with Gasteiger partial charge < -0.3 is 10.0 Å². The van der Waals surface area contributed by atoms with Gasteiger partial charge in [0.2, 0.25) is 0 Å². The molecule has 0 saturated heterocycles. The number of nitrogens with zero attached hydrogens (tertiary/aromatic N) is 1. The van der Waals surface area contributed by atoms with Gasteiger partial charge in [0.25, 0.3) is 0 Å². The molecule has 0 heterocycles. The molecule has 0 aromatic rings. The van der Waals surface area contributed by atoms with E-state index < -0.39 is 0 Å². The Hall–Kier alpha value is -0.0800. The summed E-state index contributed by atoms with van der Waals surface area (Å²) in [5.41, 5.74) is 0. The summed E-state index contributed by atoms with van der Waals surface area (Å²) in [4.78, 5) is 2.35. The van der Waals surface area contributed by atoms with Crippen molar-refractivity contribution >= 4 is 0 Å². The lowest BCUT2D eigenvalue weighted by molar-refractivity contribution is 0.0989. The van der Waals surface area contributed by atoms with Crippen LogP contribution in [0.25, 0.3) is 0 Å². The zero-order valence-corrected chi connectivity index (χ0v) is 7.87. The molecule has 0 amide bonds. The number of rotatable bonds is 3. The number of fused-ring (bicyclic) bond motifs is 1. The Labute approximate surface area is 74.6 Å². The molecule has 70 valence electrons. The van der Waals surface area contributed by atoms with Gasteiger partial charge >= 0.3 is 0 Å². The Morgan fingerprint density at radius 1 is 1.25 bits per heavy atom. The molecule has 2 saturated carbocycles. The van der Waals surface area contributed by atoms with Crippen LogP contribution in [0.4, 0.5) is 0 Å². The van der Waals surface area contributed by atoms with E-state index in [9.17, 15) is 0 Å². The smallest absolute Gasteiger partial charge is 0.0558 e. The van der Waals surface area contributed by atoms with E-state index in [1.54, 1.807) is 0 Å². The topological polar surface area (TPSA) is 23.5 Å². The number of aliphatic hydroxyl groups excluding tert-OH is 1. The second-order valence-corrected chi connectivity index (χ2v) is 4.35. The van der Waals surface area contributed by atoms with Gasteiger partial charge in [0, 0.05) is 12.6 Å². The van der Waals surface area contributed by atoms with Gasteiger partial charge in [0.05, 0.1) is 6.61 Å². The van der Waals surface area contributed by atoms with Crippen molar-refractivity contribution in [3.05, 3.63) is 0 Å². The Bertz CT molecular complexity index is 160. The van der Waals surface area contributed by atoms with Crippen LogP contribution in [-0.4, -0.2) is 36.2 Å². The summed E-state index contributed by atoms with van der Waals surface area (Å²) in [6.07, 6.45) is 5.70. The van der Waals surface area contributed by atoms with E-state index in [0.29, 0.717) is 6.61 Å². The molecule has 0 aromatic heterocycles. The number of aliphatic hydroxyl groups is 1. The van der Waals surface area contributed by atoms with Crippen LogP contribution in [0, 0.1) is 11.8 Å². The summed E-state index contributed by atoms with van der Waals surface area (Å²) in [6, 6.07) is 0.788. The van der Waals surface area contributed by atoms with Crippen molar-refractivity contribution in [2.24, 2.45) is 11.8 Å². The SMILES string of the molecule is CN(CCO)C1CCC2CCC21. The lowest BCUT2D eigenvalue weighted by atomic mass is 9.74. The molecule has 0 aliphatic heterocycles. The van der Waals surface area contributed by atoms with Crippen molar-refractivity contribution in [1.29, 1.82) is 0 Å². The van der Waals surface area contributed by atoms with Crippen LogP contribution < -0.4 is 0 Å². The Kier molecular flexibility index (Phi) is 2.37. The number of hydrogen-bond donors (Lipinski definition) is 1. The summed E-state index contributed by atoms with van der Waals surface area (Å²) in [6.45, 7) is 1.16. The standard InChI is InChI=1S/C10H19NO/c1-11(6-7-12)10-5-3-8-2-4-9(8)10/h8-10,12H,2-7H2,1H3. The van der Waals surface area contributed by atoms with E-state index in [1.807, 2.05) is 0 Å². The fraction of sp³-hybridized carbons (Fsp3) is 1.00. The van der Waals surface area contributed by atoms with E-state index >= 15 is 0 Å². The van der Waals surface area contributed by atoms with E-state index in [4.69, 9.17) is 5.11 Å². The van der Waals surface area contributed by atoms with Gasteiger partial charge in [-0.25, -0.2) is 0 Å². The van der Waals surface area contributed by atoms with Crippen LogP contribution in [0.15, 0.2) is 0 Å². The predicted octanol–water partition coefficient (Wildman–Crippen LogP) is 1.10. The van der Waals surface area contributed by atoms with Gasteiger partial charge in [-0.05, 0) is 44.6 Å². The average Bonchev–Trinajstić information content (AvgIpc) is 2.27. The van der Waals surface area contributed by atoms with Crippen molar-refractivity contribution in [2.75, 3.05) is 20.2 Å². The minimum atomic E-state index is 0.310. The Balaban J connectivity index is 1.87. The zero-order chi connectivity index (χ0) is 8.55. The second-order valence-electron chi connectivity index (χ2n) is 4.35. The summed E-state index contributed by atoms with van der Waals surface area (Å²) < 4.78 is 0. The fourth-order valence-corrected chi connectivity index (χ4v) is 2.93. The number of hydrogen-bond acceptors (Lipinski definition) is 2. The van der Waals surface area contributed by atoms with E-state index in [2.05, 4.69) is 11.9 Å². The van der Waals surface area contributed by atoms with Crippen LogP contribution in [0.5, 0.6) is 0 Å². The second kappa shape index (κ2) is 3.35. The van der Waals surface area contributed by atoms with Crippen LogP contribution in [0.2, 0.25) is 0 Å². The van der Waals surface area contributed by atoms with Gasteiger partial charge in [0.15, 0.2) is 0 Å². The number of likely N-dealkylation sites (N-methyl/N-ethyl adjacent to an activating group) is 1. The highest BCUT2D eigenvalue weighted by molar-refractivity contribution is 4.96. The van der Waals surface area contributed by atoms with Crippen molar-refractivity contribution in [3.8, 4) is 0 Å². The summed E-state index contributed by atoms with van der Waals surface area (Å²) in [5, 5.41) is 8.83. The first-order chi connectivity index (χ1) is 5.83. The van der Waals surface area contributed by atoms with Crippen LogP contribution >= 0.6 is 0 Å². The maximum Gasteiger partial charge on any atom is 0.0558 e. The maximum absolute atomic E-state index is 8.83. The predicted molar refractivity (Wildman–Crippen MR) is 49.0 cm³/mol. The largest absolute Gasteiger partial charge is 0.395 e. The van der Waals surface area contributed by atoms with Crippen molar-refractivity contribution in [3.63, 3.8) is 0 Å². The van der Waals surface area contributed by atoms with Crippen LogP contribution in [0.3, 0.4) is 0 Å². The first-order valence-corrected chi connectivity index (χ1v) is 5.14. The molecule has 0 bridgehead atoms. The summed E-state index contributed by atoms with van der Waals surface area (Å²) >= 11 is 0. The molecule has 2 aliphatic rings. The van der Waals surface area contributed by atoms with Crippen molar-refractivity contribution < 1.29 is 5.11 Å². The first-order valence-electron chi connectivity index (χ1n) is 5.14. The molecule has 2 aliphatic carbocycles. The van der Waals surface area contributed by atoms with Gasteiger partial charge in [0.1, 0.15) is 0 Å². The average molecular weight is 169 g/mol. The minimum Gasteiger partial charge on any atom is -0.395 e. The Morgan fingerprint density at radius 2 is 2.00 bits per heavy atom. The van der Waals surface area contributed by atoms with E-state index in [-0.39, 0.29) is 0 Å². The quantitative estimate of drug-likeness (QED) is 0.684. The maximum atomic E-state index is 8.83. The molecule has 2 rings (SSSR count). The monoisotopic (exact) mass is 169 g/mol. The molecule has 3 atom stereocenters. The highest BCUT2D eigenvalue weighted by Crippen LogP contribution is 2.48. The van der Waals surface area contributed by atoms with Crippen molar-refractivity contribution in [2.45, 2.75) is 31.7 Å². The molecule has 0 aromatic carbocycles. The van der Waals surface area contributed by atoms with Crippen LogP contribution in [-0.2, 0) is 0 Å². The lowest BCUT2D eigenvalue weighted by Gasteiger charge is -2.38.